The number of rotatable bonds is 4. The summed E-state index contributed by atoms with van der Waals surface area (Å²) in [5, 5.41) is 11.1. The summed E-state index contributed by atoms with van der Waals surface area (Å²) in [6, 6.07) is 13.4. The van der Waals surface area contributed by atoms with Gasteiger partial charge in [-0.05, 0) is 24.3 Å². The zero-order valence-corrected chi connectivity index (χ0v) is 16.7. The van der Waals surface area contributed by atoms with Crippen LogP contribution < -0.4 is 9.47 Å². The standard InChI is InChI=1S/C22H21N3O6/c26-21(10-9-16-5-1-2-6-17(16)25(28)29)23-11-13-24(14-12-23)22(27)20-15-30-18-7-3-4-8-19(18)31-20/h1-10,20H,11-15H2/b10-9+. The van der Waals surface area contributed by atoms with Gasteiger partial charge in [0.15, 0.2) is 11.5 Å². The fourth-order valence-corrected chi connectivity index (χ4v) is 3.55. The predicted octanol–water partition coefficient (Wildman–Crippen LogP) is 2.12. The Morgan fingerprint density at radius 2 is 1.61 bits per heavy atom. The smallest absolute Gasteiger partial charge is 0.276 e. The third-order valence-electron chi connectivity index (χ3n) is 5.23. The van der Waals surface area contributed by atoms with Crippen LogP contribution in [0.2, 0.25) is 0 Å². The van der Waals surface area contributed by atoms with E-state index < -0.39 is 11.0 Å². The zero-order chi connectivity index (χ0) is 21.8. The summed E-state index contributed by atoms with van der Waals surface area (Å²) < 4.78 is 11.4. The number of nitro groups is 1. The molecule has 9 nitrogen and oxygen atoms in total. The summed E-state index contributed by atoms with van der Waals surface area (Å²) in [6.07, 6.45) is 2.06. The van der Waals surface area contributed by atoms with Gasteiger partial charge in [-0.15, -0.1) is 0 Å². The number of benzene rings is 2. The molecule has 4 rings (SSSR count). The summed E-state index contributed by atoms with van der Waals surface area (Å²) in [5.41, 5.74) is 0.308. The first-order chi connectivity index (χ1) is 15.0. The number of carbonyl (C=O) groups is 2. The summed E-state index contributed by atoms with van der Waals surface area (Å²) in [4.78, 5) is 39.2. The molecule has 2 aromatic rings. The highest BCUT2D eigenvalue weighted by Gasteiger charge is 2.33. The summed E-state index contributed by atoms with van der Waals surface area (Å²) >= 11 is 0. The van der Waals surface area contributed by atoms with Crippen LogP contribution in [0.15, 0.2) is 54.6 Å². The average molecular weight is 423 g/mol. The molecule has 0 radical (unpaired) electrons. The number of para-hydroxylation sites is 3. The van der Waals surface area contributed by atoms with Crippen molar-refractivity contribution in [3.63, 3.8) is 0 Å². The number of fused-ring (bicyclic) bond motifs is 1. The molecule has 1 saturated heterocycles. The first-order valence-electron chi connectivity index (χ1n) is 9.90. The molecule has 2 amide bonds. The molecule has 2 aliphatic rings. The molecule has 2 heterocycles. The molecule has 160 valence electrons. The summed E-state index contributed by atoms with van der Waals surface area (Å²) in [6.45, 7) is 1.65. The Hall–Kier alpha value is -3.88. The number of nitrogens with zero attached hydrogens (tertiary/aromatic N) is 3. The Bertz CT molecular complexity index is 1030. The van der Waals surface area contributed by atoms with Crippen molar-refractivity contribution in [2.24, 2.45) is 0 Å². The minimum absolute atomic E-state index is 0.0572. The van der Waals surface area contributed by atoms with Gasteiger partial charge in [0.1, 0.15) is 6.61 Å². The Morgan fingerprint density at radius 1 is 0.968 bits per heavy atom. The van der Waals surface area contributed by atoms with Crippen molar-refractivity contribution < 1.29 is 24.0 Å². The van der Waals surface area contributed by atoms with Gasteiger partial charge in [-0.1, -0.05) is 24.3 Å². The number of carbonyl (C=O) groups excluding carboxylic acids is 2. The first kappa shape index (κ1) is 20.4. The molecular formula is C22H21N3O6. The van der Waals surface area contributed by atoms with Gasteiger partial charge in [-0.3, -0.25) is 19.7 Å². The molecule has 0 aliphatic carbocycles. The van der Waals surface area contributed by atoms with Crippen LogP contribution in [0.5, 0.6) is 11.5 Å². The maximum absolute atomic E-state index is 12.8. The van der Waals surface area contributed by atoms with Crippen molar-refractivity contribution in [2.45, 2.75) is 6.10 Å². The molecule has 1 unspecified atom stereocenters. The lowest BCUT2D eigenvalue weighted by Crippen LogP contribution is -2.54. The van der Waals surface area contributed by atoms with E-state index in [1.165, 1.54) is 18.2 Å². The van der Waals surface area contributed by atoms with E-state index in [0.29, 0.717) is 43.2 Å². The summed E-state index contributed by atoms with van der Waals surface area (Å²) in [5.74, 6) is 0.738. The molecule has 0 saturated carbocycles. The second-order valence-electron chi connectivity index (χ2n) is 7.16. The van der Waals surface area contributed by atoms with E-state index in [9.17, 15) is 19.7 Å². The monoisotopic (exact) mass is 423 g/mol. The number of hydrogen-bond acceptors (Lipinski definition) is 6. The van der Waals surface area contributed by atoms with Crippen LogP contribution in [0, 0.1) is 10.1 Å². The molecule has 0 aromatic heterocycles. The lowest BCUT2D eigenvalue weighted by molar-refractivity contribution is -0.385. The highest BCUT2D eigenvalue weighted by molar-refractivity contribution is 5.92. The van der Waals surface area contributed by atoms with E-state index in [1.807, 2.05) is 12.1 Å². The van der Waals surface area contributed by atoms with Gasteiger partial charge in [0, 0.05) is 38.3 Å². The minimum Gasteiger partial charge on any atom is -0.485 e. The molecule has 31 heavy (non-hydrogen) atoms. The normalized spacial score (nSPS) is 18.1. The number of piperazine rings is 1. The van der Waals surface area contributed by atoms with Crippen molar-refractivity contribution in [3.05, 3.63) is 70.3 Å². The van der Waals surface area contributed by atoms with Gasteiger partial charge in [-0.2, -0.15) is 0 Å². The first-order valence-corrected chi connectivity index (χ1v) is 9.90. The Kier molecular flexibility index (Phi) is 5.83. The molecule has 2 aliphatic heterocycles. The van der Waals surface area contributed by atoms with Crippen molar-refractivity contribution in [1.29, 1.82) is 0 Å². The van der Waals surface area contributed by atoms with Crippen molar-refractivity contribution >= 4 is 23.6 Å². The second-order valence-corrected chi connectivity index (χ2v) is 7.16. The fraction of sp³-hybridized carbons (Fsp3) is 0.273. The molecule has 1 atom stereocenters. The van der Waals surface area contributed by atoms with E-state index >= 15 is 0 Å². The van der Waals surface area contributed by atoms with Crippen molar-refractivity contribution in [3.8, 4) is 11.5 Å². The van der Waals surface area contributed by atoms with Gasteiger partial charge in [0.2, 0.25) is 12.0 Å². The van der Waals surface area contributed by atoms with Crippen LogP contribution in [-0.4, -0.2) is 65.4 Å². The molecule has 1 fully saturated rings. The van der Waals surface area contributed by atoms with E-state index in [0.717, 1.165) is 0 Å². The number of amides is 2. The summed E-state index contributed by atoms with van der Waals surface area (Å²) in [7, 11) is 0. The largest absolute Gasteiger partial charge is 0.485 e. The molecular weight excluding hydrogens is 402 g/mol. The average Bonchev–Trinajstić information content (AvgIpc) is 2.82. The molecule has 9 heteroatoms. The number of nitro benzene ring substituents is 1. The topological polar surface area (TPSA) is 102 Å². The Balaban J connectivity index is 1.32. The highest BCUT2D eigenvalue weighted by Crippen LogP contribution is 2.31. The minimum atomic E-state index is -0.712. The Labute approximate surface area is 178 Å². The molecule has 0 N–H and O–H groups in total. The second kappa shape index (κ2) is 8.86. The van der Waals surface area contributed by atoms with Gasteiger partial charge < -0.3 is 19.3 Å². The molecule has 2 aromatic carbocycles. The predicted molar refractivity (Wildman–Crippen MR) is 112 cm³/mol. The fourth-order valence-electron chi connectivity index (χ4n) is 3.55. The van der Waals surface area contributed by atoms with E-state index in [1.54, 1.807) is 40.1 Å². The van der Waals surface area contributed by atoms with Crippen LogP contribution in [0.4, 0.5) is 5.69 Å². The highest BCUT2D eigenvalue weighted by atomic mass is 16.6. The van der Waals surface area contributed by atoms with E-state index in [-0.39, 0.29) is 24.1 Å². The van der Waals surface area contributed by atoms with Crippen LogP contribution in [-0.2, 0) is 9.59 Å². The van der Waals surface area contributed by atoms with Crippen LogP contribution in [0.3, 0.4) is 0 Å². The van der Waals surface area contributed by atoms with Crippen LogP contribution in [0.1, 0.15) is 5.56 Å². The third-order valence-corrected chi connectivity index (χ3v) is 5.23. The van der Waals surface area contributed by atoms with Gasteiger partial charge >= 0.3 is 0 Å². The molecule has 0 spiro atoms. The lowest BCUT2D eigenvalue weighted by Gasteiger charge is -2.36. The SMILES string of the molecule is O=C(/C=C/c1ccccc1[N+](=O)[O-])N1CCN(C(=O)C2COc3ccccc3O2)CC1. The number of ether oxygens (including phenoxy) is 2. The van der Waals surface area contributed by atoms with Gasteiger partial charge in [0.05, 0.1) is 10.5 Å². The maximum atomic E-state index is 12.8. The van der Waals surface area contributed by atoms with Gasteiger partial charge in [-0.25, -0.2) is 0 Å². The maximum Gasteiger partial charge on any atom is 0.276 e. The third kappa shape index (κ3) is 4.50. The Morgan fingerprint density at radius 3 is 2.35 bits per heavy atom. The van der Waals surface area contributed by atoms with Gasteiger partial charge in [0.25, 0.3) is 11.6 Å². The zero-order valence-electron chi connectivity index (χ0n) is 16.7. The van der Waals surface area contributed by atoms with E-state index in [4.69, 9.17) is 9.47 Å². The van der Waals surface area contributed by atoms with Crippen LogP contribution in [0.25, 0.3) is 6.08 Å². The quantitative estimate of drug-likeness (QED) is 0.424. The molecule has 0 bridgehead atoms. The lowest BCUT2D eigenvalue weighted by atomic mass is 10.1. The van der Waals surface area contributed by atoms with Crippen molar-refractivity contribution in [2.75, 3.05) is 32.8 Å². The number of hydrogen-bond donors (Lipinski definition) is 0. The van der Waals surface area contributed by atoms with Crippen LogP contribution >= 0.6 is 0 Å². The van der Waals surface area contributed by atoms with Crippen molar-refractivity contribution in [1.82, 2.24) is 9.80 Å². The van der Waals surface area contributed by atoms with E-state index in [2.05, 4.69) is 0 Å².